The lowest BCUT2D eigenvalue weighted by Crippen LogP contribution is -2.27. The van der Waals surface area contributed by atoms with E-state index in [4.69, 9.17) is 27.6 Å². The Balaban J connectivity index is 1.64. The molecule has 5 nitrogen and oxygen atoms in total. The van der Waals surface area contributed by atoms with Crippen molar-refractivity contribution in [3.8, 4) is 0 Å². The molecule has 2 heterocycles. The van der Waals surface area contributed by atoms with Crippen molar-refractivity contribution in [1.82, 2.24) is 4.90 Å². The van der Waals surface area contributed by atoms with Gasteiger partial charge in [0.1, 0.15) is 11.8 Å². The van der Waals surface area contributed by atoms with Crippen LogP contribution < -0.4 is 5.43 Å². The summed E-state index contributed by atoms with van der Waals surface area (Å²) >= 11 is 12.7. The van der Waals surface area contributed by atoms with E-state index in [1.165, 1.54) is 12.3 Å². The van der Waals surface area contributed by atoms with Crippen molar-refractivity contribution in [3.05, 3.63) is 85.0 Å². The van der Waals surface area contributed by atoms with Crippen LogP contribution in [0.25, 0.3) is 17.0 Å². The van der Waals surface area contributed by atoms with E-state index >= 15 is 0 Å². The molecule has 4 rings (SSSR count). The Hall–Kier alpha value is -2.54. The van der Waals surface area contributed by atoms with Crippen LogP contribution in [0.5, 0.6) is 0 Å². The SMILES string of the molecule is O=C1SC(=Cc2coc3ccccc3c2=O)C(=O)N1Cc1ccc(Cl)c(Cl)c1. The number of nitrogens with zero attached hydrogens (tertiary/aromatic N) is 1. The van der Waals surface area contributed by atoms with Gasteiger partial charge < -0.3 is 4.42 Å². The lowest BCUT2D eigenvalue weighted by Gasteiger charge is -2.12. The maximum Gasteiger partial charge on any atom is 0.293 e. The molecule has 140 valence electrons. The highest BCUT2D eigenvalue weighted by Crippen LogP contribution is 2.34. The zero-order chi connectivity index (χ0) is 19.8. The van der Waals surface area contributed by atoms with Crippen LogP contribution in [0.3, 0.4) is 0 Å². The molecule has 2 aromatic carbocycles. The van der Waals surface area contributed by atoms with Crippen LogP contribution in [0.15, 0.2) is 62.8 Å². The summed E-state index contributed by atoms with van der Waals surface area (Å²) in [5, 5.41) is 0.719. The summed E-state index contributed by atoms with van der Waals surface area (Å²) in [6.45, 7) is 0.0607. The second-order valence-corrected chi connectivity index (χ2v) is 7.84. The van der Waals surface area contributed by atoms with Gasteiger partial charge in [-0.15, -0.1) is 0 Å². The molecule has 0 radical (unpaired) electrons. The standard InChI is InChI=1S/C20H11Cl2NO4S/c21-14-6-5-11(7-15(14)22)9-23-19(25)17(28-20(23)26)8-12-10-27-16-4-2-1-3-13(16)18(12)24/h1-8,10H,9H2. The number of carbonyl (C=O) groups excluding carboxylic acids is 2. The zero-order valence-corrected chi connectivity index (χ0v) is 16.5. The van der Waals surface area contributed by atoms with Gasteiger partial charge in [0, 0.05) is 0 Å². The van der Waals surface area contributed by atoms with E-state index in [1.54, 1.807) is 42.5 Å². The number of amides is 2. The Bertz CT molecular complexity index is 1220. The van der Waals surface area contributed by atoms with Gasteiger partial charge in [-0.1, -0.05) is 41.4 Å². The van der Waals surface area contributed by atoms with Gasteiger partial charge in [-0.25, -0.2) is 0 Å². The van der Waals surface area contributed by atoms with Gasteiger partial charge in [-0.05, 0) is 47.7 Å². The lowest BCUT2D eigenvalue weighted by molar-refractivity contribution is -0.123. The van der Waals surface area contributed by atoms with Crippen LogP contribution in [0, 0.1) is 0 Å². The second-order valence-electron chi connectivity index (χ2n) is 6.03. The molecule has 8 heteroatoms. The Kier molecular flexibility index (Phi) is 5.02. The summed E-state index contributed by atoms with van der Waals surface area (Å²) in [5.41, 5.74) is 1.07. The van der Waals surface area contributed by atoms with E-state index in [0.29, 0.717) is 26.6 Å². The highest BCUT2D eigenvalue weighted by molar-refractivity contribution is 8.18. The molecule has 1 aliphatic heterocycles. The van der Waals surface area contributed by atoms with Gasteiger partial charge >= 0.3 is 0 Å². The Morgan fingerprint density at radius 3 is 2.61 bits per heavy atom. The summed E-state index contributed by atoms with van der Waals surface area (Å²) in [4.78, 5) is 38.8. The number of fused-ring (bicyclic) bond motifs is 1. The van der Waals surface area contributed by atoms with Gasteiger partial charge in [-0.2, -0.15) is 0 Å². The van der Waals surface area contributed by atoms with Crippen molar-refractivity contribution in [2.24, 2.45) is 0 Å². The largest absolute Gasteiger partial charge is 0.463 e. The minimum atomic E-state index is -0.478. The first-order valence-electron chi connectivity index (χ1n) is 8.14. The predicted octanol–water partition coefficient (Wildman–Crippen LogP) is 5.34. The van der Waals surface area contributed by atoms with Gasteiger partial charge in [0.25, 0.3) is 11.1 Å². The maximum absolute atomic E-state index is 12.7. The summed E-state index contributed by atoms with van der Waals surface area (Å²) in [6, 6.07) is 11.7. The highest BCUT2D eigenvalue weighted by atomic mass is 35.5. The maximum atomic E-state index is 12.7. The van der Waals surface area contributed by atoms with E-state index in [2.05, 4.69) is 0 Å². The Labute approximate surface area is 173 Å². The molecule has 3 aromatic rings. The summed E-state index contributed by atoms with van der Waals surface area (Å²) in [6.07, 6.45) is 2.68. The second kappa shape index (κ2) is 7.47. The van der Waals surface area contributed by atoms with Crippen LogP contribution in [0.4, 0.5) is 4.79 Å². The molecule has 28 heavy (non-hydrogen) atoms. The summed E-state index contributed by atoms with van der Waals surface area (Å²) in [5.74, 6) is -0.478. The number of carbonyl (C=O) groups is 2. The van der Waals surface area contributed by atoms with E-state index < -0.39 is 11.1 Å². The highest BCUT2D eigenvalue weighted by Gasteiger charge is 2.35. The number of para-hydroxylation sites is 1. The van der Waals surface area contributed by atoms with Gasteiger partial charge in [0.2, 0.25) is 0 Å². The van der Waals surface area contributed by atoms with Gasteiger partial charge in [-0.3, -0.25) is 19.3 Å². The lowest BCUT2D eigenvalue weighted by atomic mass is 10.1. The number of hydrogen-bond donors (Lipinski definition) is 0. The van der Waals surface area contributed by atoms with Gasteiger partial charge in [0.15, 0.2) is 5.43 Å². The first kappa shape index (κ1) is 18.8. The number of halogens is 2. The zero-order valence-electron chi connectivity index (χ0n) is 14.1. The summed E-state index contributed by atoms with van der Waals surface area (Å²) in [7, 11) is 0. The van der Waals surface area contributed by atoms with Gasteiger partial charge in [0.05, 0.1) is 32.4 Å². The van der Waals surface area contributed by atoms with E-state index in [0.717, 1.165) is 16.7 Å². The van der Waals surface area contributed by atoms with Crippen molar-refractivity contribution in [3.63, 3.8) is 0 Å². The third kappa shape index (κ3) is 3.46. The molecule has 0 saturated carbocycles. The molecule has 1 fully saturated rings. The van der Waals surface area contributed by atoms with Crippen LogP contribution in [0.1, 0.15) is 11.1 Å². The number of thioether (sulfide) groups is 1. The smallest absolute Gasteiger partial charge is 0.293 e. The molecule has 1 aliphatic rings. The third-order valence-corrected chi connectivity index (χ3v) is 5.84. The predicted molar refractivity (Wildman–Crippen MR) is 110 cm³/mol. The molecule has 0 N–H and O–H groups in total. The van der Waals surface area contributed by atoms with Crippen LogP contribution in [0.2, 0.25) is 10.0 Å². The monoisotopic (exact) mass is 431 g/mol. The minimum Gasteiger partial charge on any atom is -0.463 e. The average Bonchev–Trinajstić information content (AvgIpc) is 2.94. The van der Waals surface area contributed by atoms with Crippen molar-refractivity contribution in [2.45, 2.75) is 6.54 Å². The fourth-order valence-corrected chi connectivity index (χ4v) is 3.94. The first-order valence-corrected chi connectivity index (χ1v) is 9.71. The molecule has 0 bridgehead atoms. The van der Waals surface area contributed by atoms with E-state index in [9.17, 15) is 14.4 Å². The average molecular weight is 432 g/mol. The molecule has 0 atom stereocenters. The molecule has 0 unspecified atom stereocenters. The molecule has 1 aromatic heterocycles. The molecule has 1 saturated heterocycles. The van der Waals surface area contributed by atoms with Crippen LogP contribution in [-0.4, -0.2) is 16.0 Å². The summed E-state index contributed by atoms with van der Waals surface area (Å²) < 4.78 is 5.45. The van der Waals surface area contributed by atoms with E-state index in [1.807, 2.05) is 0 Å². The first-order chi connectivity index (χ1) is 13.4. The topological polar surface area (TPSA) is 67.6 Å². The molecule has 0 spiro atoms. The fourth-order valence-electron chi connectivity index (χ4n) is 2.79. The van der Waals surface area contributed by atoms with E-state index in [-0.39, 0.29) is 22.4 Å². The normalized spacial score (nSPS) is 15.8. The van der Waals surface area contributed by atoms with Crippen molar-refractivity contribution >= 4 is 63.2 Å². The number of hydrogen-bond acceptors (Lipinski definition) is 5. The van der Waals surface area contributed by atoms with Crippen molar-refractivity contribution in [1.29, 1.82) is 0 Å². The molecule has 2 amide bonds. The van der Waals surface area contributed by atoms with Crippen LogP contribution in [-0.2, 0) is 11.3 Å². The molecular formula is C20H11Cl2NO4S. The number of benzene rings is 2. The Morgan fingerprint density at radius 1 is 1.04 bits per heavy atom. The molecule has 0 aliphatic carbocycles. The van der Waals surface area contributed by atoms with Crippen LogP contribution >= 0.6 is 35.0 Å². The number of imide groups is 1. The third-order valence-electron chi connectivity index (χ3n) is 4.19. The molecular weight excluding hydrogens is 421 g/mol. The fraction of sp³-hybridized carbons (Fsp3) is 0.0500. The van der Waals surface area contributed by atoms with Crippen molar-refractivity contribution in [2.75, 3.05) is 0 Å². The number of rotatable bonds is 3. The van der Waals surface area contributed by atoms with Crippen molar-refractivity contribution < 1.29 is 14.0 Å². The minimum absolute atomic E-state index is 0.0607. The quantitative estimate of drug-likeness (QED) is 0.523. The Morgan fingerprint density at radius 2 is 1.82 bits per heavy atom.